The molecule has 3 heteroatoms. The molecule has 0 aliphatic carbocycles. The lowest BCUT2D eigenvalue weighted by atomic mass is 10.0. The molecular formula is C14H20N2O. The standard InChI is InChI=1S/C14H20N2O/c1-15(2)13-9-6-10-16(11-13)14(17)12-7-4-3-5-8-12/h3-5,7-8,13H,6,9-11H2,1-2H3. The molecule has 1 aromatic carbocycles. The average Bonchev–Trinajstić information content (AvgIpc) is 2.39. The van der Waals surface area contributed by atoms with Crippen molar-refractivity contribution < 1.29 is 4.79 Å². The topological polar surface area (TPSA) is 23.6 Å². The molecule has 0 spiro atoms. The molecule has 1 amide bonds. The molecule has 1 aromatic rings. The first-order chi connectivity index (χ1) is 8.18. The maximum Gasteiger partial charge on any atom is 0.253 e. The zero-order valence-corrected chi connectivity index (χ0v) is 10.6. The smallest absolute Gasteiger partial charge is 0.253 e. The lowest BCUT2D eigenvalue weighted by Crippen LogP contribution is -2.47. The fraction of sp³-hybridized carbons (Fsp3) is 0.500. The molecule has 0 bridgehead atoms. The SMILES string of the molecule is CN(C)C1CCCN(C(=O)c2ccccc2)C1. The second kappa shape index (κ2) is 5.32. The van der Waals surface area contributed by atoms with Crippen LogP contribution in [0.15, 0.2) is 30.3 Å². The van der Waals surface area contributed by atoms with E-state index < -0.39 is 0 Å². The van der Waals surface area contributed by atoms with Crippen LogP contribution >= 0.6 is 0 Å². The van der Waals surface area contributed by atoms with Crippen molar-refractivity contribution >= 4 is 5.91 Å². The summed E-state index contributed by atoms with van der Waals surface area (Å²) >= 11 is 0. The van der Waals surface area contributed by atoms with E-state index in [1.54, 1.807) is 0 Å². The first-order valence-corrected chi connectivity index (χ1v) is 6.19. The summed E-state index contributed by atoms with van der Waals surface area (Å²) in [5.74, 6) is 0.164. The van der Waals surface area contributed by atoms with Crippen molar-refractivity contribution in [3.05, 3.63) is 35.9 Å². The minimum atomic E-state index is 0.164. The highest BCUT2D eigenvalue weighted by molar-refractivity contribution is 5.94. The lowest BCUT2D eigenvalue weighted by molar-refractivity contribution is 0.0635. The number of carbonyl (C=O) groups excluding carboxylic acids is 1. The van der Waals surface area contributed by atoms with Gasteiger partial charge >= 0.3 is 0 Å². The summed E-state index contributed by atoms with van der Waals surface area (Å²) in [4.78, 5) is 16.5. The predicted octanol–water partition coefficient (Wildman–Crippen LogP) is 1.85. The van der Waals surface area contributed by atoms with Crippen LogP contribution in [0.25, 0.3) is 0 Å². The minimum Gasteiger partial charge on any atom is -0.337 e. The third-order valence-electron chi connectivity index (χ3n) is 3.43. The number of hydrogen-bond acceptors (Lipinski definition) is 2. The molecule has 1 atom stereocenters. The monoisotopic (exact) mass is 232 g/mol. The van der Waals surface area contributed by atoms with Crippen molar-refractivity contribution in [2.24, 2.45) is 0 Å². The van der Waals surface area contributed by atoms with Gasteiger partial charge in [-0.05, 0) is 39.1 Å². The number of hydrogen-bond donors (Lipinski definition) is 0. The van der Waals surface area contributed by atoms with Crippen molar-refractivity contribution in [1.29, 1.82) is 0 Å². The third-order valence-corrected chi connectivity index (χ3v) is 3.43. The highest BCUT2D eigenvalue weighted by Gasteiger charge is 2.25. The van der Waals surface area contributed by atoms with E-state index in [2.05, 4.69) is 19.0 Å². The Labute approximate surface area is 103 Å². The summed E-state index contributed by atoms with van der Waals surface area (Å²) in [6.45, 7) is 1.73. The van der Waals surface area contributed by atoms with E-state index in [0.29, 0.717) is 6.04 Å². The Morgan fingerprint density at radius 3 is 2.65 bits per heavy atom. The number of piperidine rings is 1. The zero-order chi connectivity index (χ0) is 12.3. The largest absolute Gasteiger partial charge is 0.337 e. The summed E-state index contributed by atoms with van der Waals surface area (Å²) in [5.41, 5.74) is 0.798. The van der Waals surface area contributed by atoms with Gasteiger partial charge in [0.05, 0.1) is 0 Å². The van der Waals surface area contributed by atoms with Crippen molar-refractivity contribution in [1.82, 2.24) is 9.80 Å². The Morgan fingerprint density at radius 1 is 1.29 bits per heavy atom. The van der Waals surface area contributed by atoms with Crippen molar-refractivity contribution in [2.45, 2.75) is 18.9 Å². The summed E-state index contributed by atoms with van der Waals surface area (Å²) in [7, 11) is 4.17. The van der Waals surface area contributed by atoms with E-state index in [1.807, 2.05) is 35.2 Å². The molecule has 17 heavy (non-hydrogen) atoms. The fourth-order valence-corrected chi connectivity index (χ4v) is 2.32. The molecule has 0 saturated carbocycles. The number of nitrogens with zero attached hydrogens (tertiary/aromatic N) is 2. The van der Waals surface area contributed by atoms with E-state index in [0.717, 1.165) is 25.1 Å². The summed E-state index contributed by atoms with van der Waals surface area (Å²) in [5, 5.41) is 0. The van der Waals surface area contributed by atoms with Crippen LogP contribution in [-0.4, -0.2) is 48.9 Å². The molecule has 1 aliphatic heterocycles. The van der Waals surface area contributed by atoms with Gasteiger partial charge in [-0.2, -0.15) is 0 Å². The van der Waals surface area contributed by atoms with E-state index >= 15 is 0 Å². The molecule has 0 radical (unpaired) electrons. The molecule has 1 unspecified atom stereocenters. The lowest BCUT2D eigenvalue weighted by Gasteiger charge is -2.36. The highest BCUT2D eigenvalue weighted by Crippen LogP contribution is 2.16. The van der Waals surface area contributed by atoms with Crippen LogP contribution in [0.3, 0.4) is 0 Å². The van der Waals surface area contributed by atoms with Gasteiger partial charge in [-0.3, -0.25) is 4.79 Å². The van der Waals surface area contributed by atoms with Crippen LogP contribution < -0.4 is 0 Å². The quantitative estimate of drug-likeness (QED) is 0.777. The first-order valence-electron chi connectivity index (χ1n) is 6.19. The van der Waals surface area contributed by atoms with Crippen LogP contribution in [0.2, 0.25) is 0 Å². The molecule has 2 rings (SSSR count). The second-order valence-electron chi connectivity index (χ2n) is 4.88. The maximum atomic E-state index is 12.3. The molecule has 92 valence electrons. The van der Waals surface area contributed by atoms with Gasteiger partial charge in [-0.15, -0.1) is 0 Å². The van der Waals surface area contributed by atoms with Crippen molar-refractivity contribution in [2.75, 3.05) is 27.2 Å². The van der Waals surface area contributed by atoms with Gasteiger partial charge in [0.15, 0.2) is 0 Å². The Bertz CT molecular complexity index is 375. The number of likely N-dealkylation sites (tertiary alicyclic amines) is 1. The molecule has 1 saturated heterocycles. The van der Waals surface area contributed by atoms with Gasteiger partial charge in [0, 0.05) is 24.7 Å². The van der Waals surface area contributed by atoms with Crippen LogP contribution in [0.4, 0.5) is 0 Å². The Morgan fingerprint density at radius 2 is 2.00 bits per heavy atom. The zero-order valence-electron chi connectivity index (χ0n) is 10.6. The Balaban J connectivity index is 2.05. The molecular weight excluding hydrogens is 212 g/mol. The summed E-state index contributed by atoms with van der Waals surface area (Å²) in [6.07, 6.45) is 2.28. The van der Waals surface area contributed by atoms with Crippen LogP contribution in [0.1, 0.15) is 23.2 Å². The molecule has 0 aromatic heterocycles. The Hall–Kier alpha value is -1.35. The van der Waals surface area contributed by atoms with E-state index in [1.165, 1.54) is 6.42 Å². The van der Waals surface area contributed by atoms with E-state index in [4.69, 9.17) is 0 Å². The number of rotatable bonds is 2. The van der Waals surface area contributed by atoms with Gasteiger partial charge in [-0.25, -0.2) is 0 Å². The second-order valence-corrected chi connectivity index (χ2v) is 4.88. The fourth-order valence-electron chi connectivity index (χ4n) is 2.32. The van der Waals surface area contributed by atoms with Crippen LogP contribution in [0, 0.1) is 0 Å². The number of likely N-dealkylation sites (N-methyl/N-ethyl adjacent to an activating group) is 1. The predicted molar refractivity (Wildman–Crippen MR) is 69.1 cm³/mol. The number of benzene rings is 1. The number of amides is 1. The van der Waals surface area contributed by atoms with Crippen molar-refractivity contribution in [3.8, 4) is 0 Å². The molecule has 1 aliphatic rings. The summed E-state index contributed by atoms with van der Waals surface area (Å²) in [6, 6.07) is 10.1. The number of carbonyl (C=O) groups is 1. The van der Waals surface area contributed by atoms with Crippen LogP contribution in [-0.2, 0) is 0 Å². The maximum absolute atomic E-state index is 12.3. The van der Waals surface area contributed by atoms with Crippen LogP contribution in [0.5, 0.6) is 0 Å². The normalized spacial score (nSPS) is 20.6. The molecule has 1 fully saturated rings. The highest BCUT2D eigenvalue weighted by atomic mass is 16.2. The summed E-state index contributed by atoms with van der Waals surface area (Å²) < 4.78 is 0. The minimum absolute atomic E-state index is 0.164. The van der Waals surface area contributed by atoms with Gasteiger partial charge in [-0.1, -0.05) is 18.2 Å². The Kier molecular flexibility index (Phi) is 3.79. The molecule has 1 heterocycles. The van der Waals surface area contributed by atoms with E-state index in [9.17, 15) is 4.79 Å². The third kappa shape index (κ3) is 2.86. The van der Waals surface area contributed by atoms with E-state index in [-0.39, 0.29) is 5.91 Å². The van der Waals surface area contributed by atoms with Crippen molar-refractivity contribution in [3.63, 3.8) is 0 Å². The first kappa shape index (κ1) is 12.1. The van der Waals surface area contributed by atoms with Gasteiger partial charge in [0.25, 0.3) is 5.91 Å². The molecule has 0 N–H and O–H groups in total. The molecule has 3 nitrogen and oxygen atoms in total. The average molecular weight is 232 g/mol. The van der Waals surface area contributed by atoms with Gasteiger partial charge < -0.3 is 9.80 Å². The van der Waals surface area contributed by atoms with Gasteiger partial charge in [0.1, 0.15) is 0 Å². The van der Waals surface area contributed by atoms with Gasteiger partial charge in [0.2, 0.25) is 0 Å².